The van der Waals surface area contributed by atoms with E-state index in [0.717, 1.165) is 6.07 Å². The van der Waals surface area contributed by atoms with E-state index in [4.69, 9.17) is 11.6 Å². The van der Waals surface area contributed by atoms with Crippen molar-refractivity contribution in [3.05, 3.63) is 28.8 Å². The molecule has 1 aromatic rings. The first kappa shape index (κ1) is 21.1. The molecule has 2 fully saturated rings. The summed E-state index contributed by atoms with van der Waals surface area (Å²) in [5.74, 6) is -2.79. The third-order valence-electron chi connectivity index (χ3n) is 5.33. The molecular formula is C18H18ClF6NO2. The maximum Gasteiger partial charge on any atom is 0.573 e. The van der Waals surface area contributed by atoms with E-state index in [-0.39, 0.29) is 36.6 Å². The Hall–Kier alpha value is -1.64. The van der Waals surface area contributed by atoms with Gasteiger partial charge in [0.2, 0.25) is 5.91 Å². The number of alkyl halides is 6. The van der Waals surface area contributed by atoms with Crippen LogP contribution in [0.4, 0.5) is 26.3 Å². The van der Waals surface area contributed by atoms with Crippen molar-refractivity contribution in [2.24, 2.45) is 11.8 Å². The van der Waals surface area contributed by atoms with Crippen LogP contribution in [0.2, 0.25) is 5.02 Å². The first-order valence-electron chi connectivity index (χ1n) is 8.83. The fourth-order valence-electron chi connectivity index (χ4n) is 3.66. The van der Waals surface area contributed by atoms with Gasteiger partial charge in [0.05, 0.1) is 11.5 Å². The highest BCUT2D eigenvalue weighted by atomic mass is 35.5. The average Bonchev–Trinajstić information content (AvgIpc) is 3.33. The van der Waals surface area contributed by atoms with Crippen LogP contribution in [0.1, 0.15) is 44.1 Å². The number of ether oxygens (including phenoxy) is 1. The molecule has 2 saturated carbocycles. The summed E-state index contributed by atoms with van der Waals surface area (Å²) in [4.78, 5) is 12.5. The van der Waals surface area contributed by atoms with Gasteiger partial charge < -0.3 is 10.1 Å². The van der Waals surface area contributed by atoms with E-state index in [9.17, 15) is 31.1 Å². The van der Waals surface area contributed by atoms with Crippen molar-refractivity contribution in [1.82, 2.24) is 5.32 Å². The summed E-state index contributed by atoms with van der Waals surface area (Å²) in [7, 11) is 0. The molecule has 3 nitrogen and oxygen atoms in total. The highest BCUT2D eigenvalue weighted by Crippen LogP contribution is 2.48. The van der Waals surface area contributed by atoms with Crippen molar-refractivity contribution in [2.45, 2.75) is 56.6 Å². The number of carbonyl (C=O) groups is 1. The minimum atomic E-state index is -4.88. The lowest BCUT2D eigenvalue weighted by molar-refractivity contribution is -0.274. The lowest BCUT2D eigenvalue weighted by atomic mass is 9.81. The third-order valence-corrected chi connectivity index (χ3v) is 5.55. The Labute approximate surface area is 162 Å². The molecule has 156 valence electrons. The van der Waals surface area contributed by atoms with E-state index in [1.54, 1.807) is 0 Å². The number of nitrogens with one attached hydrogen (secondary N) is 1. The zero-order valence-corrected chi connectivity index (χ0v) is 15.3. The van der Waals surface area contributed by atoms with Gasteiger partial charge in [-0.1, -0.05) is 11.6 Å². The maximum absolute atomic E-state index is 12.8. The fraction of sp³-hybridized carbons (Fsp3) is 0.611. The Morgan fingerprint density at radius 2 is 1.64 bits per heavy atom. The summed E-state index contributed by atoms with van der Waals surface area (Å²) < 4.78 is 79.6. The Kier molecular flexibility index (Phi) is 5.51. The van der Waals surface area contributed by atoms with Crippen LogP contribution < -0.4 is 10.1 Å². The van der Waals surface area contributed by atoms with Gasteiger partial charge in [-0.2, -0.15) is 13.2 Å². The molecule has 1 N–H and O–H groups in total. The molecule has 0 aromatic heterocycles. The molecule has 0 bridgehead atoms. The van der Waals surface area contributed by atoms with Crippen LogP contribution in [-0.2, 0) is 10.3 Å². The number of amides is 1. The highest BCUT2D eigenvalue weighted by molar-refractivity contribution is 6.30. The van der Waals surface area contributed by atoms with Gasteiger partial charge in [-0.3, -0.25) is 4.79 Å². The van der Waals surface area contributed by atoms with E-state index in [1.807, 2.05) is 0 Å². The van der Waals surface area contributed by atoms with Crippen LogP contribution >= 0.6 is 11.6 Å². The fourth-order valence-corrected chi connectivity index (χ4v) is 3.89. The summed E-state index contributed by atoms with van der Waals surface area (Å²) in [6.07, 6.45) is -8.07. The van der Waals surface area contributed by atoms with Crippen molar-refractivity contribution in [3.8, 4) is 5.75 Å². The largest absolute Gasteiger partial charge is 0.573 e. The van der Waals surface area contributed by atoms with E-state index >= 15 is 0 Å². The molecule has 1 aromatic carbocycles. The van der Waals surface area contributed by atoms with Crippen LogP contribution in [0.25, 0.3) is 0 Å². The van der Waals surface area contributed by atoms with E-state index in [2.05, 4.69) is 10.1 Å². The van der Waals surface area contributed by atoms with E-state index < -0.39 is 35.7 Å². The van der Waals surface area contributed by atoms with E-state index in [1.165, 1.54) is 12.1 Å². The predicted octanol–water partition coefficient (Wildman–Crippen LogP) is 5.71. The van der Waals surface area contributed by atoms with Crippen molar-refractivity contribution >= 4 is 17.5 Å². The maximum atomic E-state index is 12.8. The van der Waals surface area contributed by atoms with Crippen LogP contribution in [0, 0.1) is 11.8 Å². The topological polar surface area (TPSA) is 38.3 Å². The van der Waals surface area contributed by atoms with Crippen LogP contribution in [0.15, 0.2) is 18.2 Å². The standard InChI is InChI=1S/C18H18ClF6NO2/c19-13-7-12(8-14(9-13)28-18(23,24)25)16(5-6-16)26-15(27)10-1-3-11(4-2-10)17(20,21)22/h7-11H,1-6H2,(H,26,27). The molecule has 2 aliphatic carbocycles. The van der Waals surface area contributed by atoms with Gasteiger partial charge in [-0.25, -0.2) is 0 Å². The molecule has 3 rings (SSSR count). The Balaban J connectivity index is 1.67. The lowest BCUT2D eigenvalue weighted by Gasteiger charge is -2.30. The minimum absolute atomic E-state index is 0.0305. The number of benzene rings is 1. The second-order valence-electron chi connectivity index (χ2n) is 7.38. The summed E-state index contributed by atoms with van der Waals surface area (Å²) >= 11 is 5.89. The Morgan fingerprint density at radius 3 is 2.14 bits per heavy atom. The number of hydrogen-bond acceptors (Lipinski definition) is 2. The molecule has 0 aliphatic heterocycles. The van der Waals surface area contributed by atoms with Gasteiger partial charge in [0.1, 0.15) is 5.75 Å². The minimum Gasteiger partial charge on any atom is -0.406 e. The van der Waals surface area contributed by atoms with E-state index in [0.29, 0.717) is 18.4 Å². The van der Waals surface area contributed by atoms with Gasteiger partial charge in [-0.15, -0.1) is 13.2 Å². The summed E-state index contributed by atoms with van der Waals surface area (Å²) in [5, 5.41) is 2.84. The Bertz CT molecular complexity index is 737. The van der Waals surface area contributed by atoms with Crippen molar-refractivity contribution in [1.29, 1.82) is 0 Å². The number of hydrogen-bond donors (Lipinski definition) is 1. The molecular weight excluding hydrogens is 412 g/mol. The third kappa shape index (κ3) is 5.04. The predicted molar refractivity (Wildman–Crippen MR) is 88.7 cm³/mol. The number of rotatable bonds is 4. The second-order valence-corrected chi connectivity index (χ2v) is 7.82. The smallest absolute Gasteiger partial charge is 0.406 e. The molecule has 0 heterocycles. The zero-order valence-electron chi connectivity index (χ0n) is 14.6. The molecule has 0 atom stereocenters. The van der Waals surface area contributed by atoms with Crippen molar-refractivity contribution in [3.63, 3.8) is 0 Å². The lowest BCUT2D eigenvalue weighted by Crippen LogP contribution is -2.41. The van der Waals surface area contributed by atoms with Crippen molar-refractivity contribution < 1.29 is 35.9 Å². The van der Waals surface area contributed by atoms with Gasteiger partial charge >= 0.3 is 12.5 Å². The quantitative estimate of drug-likeness (QED) is 0.622. The van der Waals surface area contributed by atoms with Crippen LogP contribution in [-0.4, -0.2) is 18.4 Å². The van der Waals surface area contributed by atoms with Crippen molar-refractivity contribution in [2.75, 3.05) is 0 Å². The molecule has 28 heavy (non-hydrogen) atoms. The normalized spacial score (nSPS) is 24.5. The summed E-state index contributed by atoms with van der Waals surface area (Å²) in [5.41, 5.74) is -0.469. The molecule has 10 heteroatoms. The molecule has 0 radical (unpaired) electrons. The monoisotopic (exact) mass is 429 g/mol. The van der Waals surface area contributed by atoms with Gasteiger partial charge in [0.15, 0.2) is 0 Å². The summed E-state index contributed by atoms with van der Waals surface area (Å²) in [6.45, 7) is 0. The molecule has 2 aliphatic rings. The molecule has 1 amide bonds. The summed E-state index contributed by atoms with van der Waals surface area (Å²) in [6, 6.07) is 3.65. The average molecular weight is 430 g/mol. The van der Waals surface area contributed by atoms with Crippen LogP contribution in [0.3, 0.4) is 0 Å². The Morgan fingerprint density at radius 1 is 1.04 bits per heavy atom. The SMILES string of the molecule is O=C(NC1(c2cc(Cl)cc(OC(F)(F)F)c2)CC1)C1CCC(C(F)(F)F)CC1. The number of carbonyl (C=O) groups excluding carboxylic acids is 1. The second kappa shape index (κ2) is 7.31. The van der Waals surface area contributed by atoms with Crippen LogP contribution in [0.5, 0.6) is 5.75 Å². The van der Waals surface area contributed by atoms with Gasteiger partial charge in [-0.05, 0) is 62.3 Å². The number of halogens is 7. The molecule has 0 unspecified atom stereocenters. The van der Waals surface area contributed by atoms with Gasteiger partial charge in [0, 0.05) is 10.9 Å². The first-order chi connectivity index (χ1) is 12.9. The molecule has 0 spiro atoms. The zero-order chi connectivity index (χ0) is 20.7. The first-order valence-corrected chi connectivity index (χ1v) is 9.21. The highest BCUT2D eigenvalue weighted by Gasteiger charge is 2.48. The van der Waals surface area contributed by atoms with Gasteiger partial charge in [0.25, 0.3) is 0 Å². The molecule has 0 saturated heterocycles.